The quantitative estimate of drug-likeness (QED) is 0.271. The molecule has 1 atom stereocenters. The maximum Gasteiger partial charge on any atom is 0.296 e. The van der Waals surface area contributed by atoms with Gasteiger partial charge < -0.3 is 23.9 Å². The van der Waals surface area contributed by atoms with Crippen LogP contribution in [0.5, 0.6) is 11.5 Å². The predicted octanol–water partition coefficient (Wildman–Crippen LogP) is 5.09. The number of hydrogen-bond donors (Lipinski definition) is 1. The van der Waals surface area contributed by atoms with Gasteiger partial charge in [0.2, 0.25) is 0 Å². The van der Waals surface area contributed by atoms with E-state index in [1.54, 1.807) is 60.7 Å². The van der Waals surface area contributed by atoms with Gasteiger partial charge in [0.1, 0.15) is 23.0 Å². The fourth-order valence-electron chi connectivity index (χ4n) is 3.96. The Kier molecular flexibility index (Phi) is 7.01. The van der Waals surface area contributed by atoms with Gasteiger partial charge >= 0.3 is 0 Å². The summed E-state index contributed by atoms with van der Waals surface area (Å²) < 4.78 is 16.5. The van der Waals surface area contributed by atoms with E-state index < -0.39 is 17.7 Å². The minimum atomic E-state index is -0.781. The summed E-state index contributed by atoms with van der Waals surface area (Å²) in [6.07, 6.45) is 2.39. The molecule has 1 amide bonds. The molecule has 1 aliphatic rings. The standard InChI is InChI=1S/C27H27NO6/c1-3-15-33-21-13-9-19(10-14-21)25(29)23-24(18-7-11-20(12-8-18)32-4-2)28(27(31)26(23)30)17-22-6-5-16-34-22/h5-14,16,24,29H,3-4,15,17H2,1-2H3/b25-23-. The molecule has 1 aliphatic heterocycles. The monoisotopic (exact) mass is 461 g/mol. The molecule has 2 heterocycles. The van der Waals surface area contributed by atoms with Crippen molar-refractivity contribution < 1.29 is 28.6 Å². The molecule has 0 saturated carbocycles. The summed E-state index contributed by atoms with van der Waals surface area (Å²) in [5.41, 5.74) is 1.14. The number of aliphatic hydroxyl groups excluding tert-OH is 1. The van der Waals surface area contributed by atoms with Crippen LogP contribution in [0.25, 0.3) is 5.76 Å². The van der Waals surface area contributed by atoms with Crippen LogP contribution in [-0.4, -0.2) is 34.9 Å². The topological polar surface area (TPSA) is 89.2 Å². The molecule has 3 aromatic rings. The summed E-state index contributed by atoms with van der Waals surface area (Å²) in [4.78, 5) is 27.6. The number of ether oxygens (including phenoxy) is 2. The first-order valence-corrected chi connectivity index (χ1v) is 11.3. The highest BCUT2D eigenvalue weighted by atomic mass is 16.5. The second-order valence-corrected chi connectivity index (χ2v) is 7.88. The van der Waals surface area contributed by atoms with Gasteiger partial charge in [-0.15, -0.1) is 0 Å². The SMILES string of the molecule is CCCOc1ccc(/C(O)=C2/C(=O)C(=O)N(Cc3ccco3)C2c2ccc(OCC)cc2)cc1. The van der Waals surface area contributed by atoms with E-state index in [2.05, 4.69) is 0 Å². The Balaban J connectivity index is 1.76. The van der Waals surface area contributed by atoms with E-state index in [9.17, 15) is 14.7 Å². The largest absolute Gasteiger partial charge is 0.507 e. The maximum atomic E-state index is 13.1. The summed E-state index contributed by atoms with van der Waals surface area (Å²) >= 11 is 0. The first-order chi connectivity index (χ1) is 16.5. The van der Waals surface area contributed by atoms with Crippen LogP contribution in [0.2, 0.25) is 0 Å². The lowest BCUT2D eigenvalue weighted by atomic mass is 9.95. The maximum absolute atomic E-state index is 13.1. The molecule has 2 aromatic carbocycles. The van der Waals surface area contributed by atoms with Gasteiger partial charge in [-0.1, -0.05) is 19.1 Å². The Hall–Kier alpha value is -4.00. The number of carbonyl (C=O) groups excluding carboxylic acids is 2. The average Bonchev–Trinajstić information content (AvgIpc) is 3.46. The van der Waals surface area contributed by atoms with Crippen LogP contribution in [0.4, 0.5) is 0 Å². The zero-order valence-corrected chi connectivity index (χ0v) is 19.2. The lowest BCUT2D eigenvalue weighted by Gasteiger charge is -2.24. The van der Waals surface area contributed by atoms with E-state index in [0.717, 1.165) is 6.42 Å². The van der Waals surface area contributed by atoms with Crippen molar-refractivity contribution in [1.29, 1.82) is 0 Å². The van der Waals surface area contributed by atoms with Crippen LogP contribution in [0, 0.1) is 0 Å². The molecule has 1 aromatic heterocycles. The number of likely N-dealkylation sites (tertiary alicyclic amines) is 1. The third kappa shape index (κ3) is 4.69. The van der Waals surface area contributed by atoms with Crippen molar-refractivity contribution in [1.82, 2.24) is 4.90 Å². The summed E-state index contributed by atoms with van der Waals surface area (Å²) in [6, 6.07) is 16.7. The smallest absolute Gasteiger partial charge is 0.296 e. The van der Waals surface area contributed by atoms with E-state index in [-0.39, 0.29) is 17.9 Å². The number of ketones is 1. The molecule has 0 aliphatic carbocycles. The zero-order valence-electron chi connectivity index (χ0n) is 19.2. The molecule has 7 heteroatoms. The van der Waals surface area contributed by atoms with E-state index in [1.807, 2.05) is 13.8 Å². The molecule has 1 unspecified atom stereocenters. The lowest BCUT2D eigenvalue weighted by molar-refractivity contribution is -0.140. The summed E-state index contributed by atoms with van der Waals surface area (Å²) in [5.74, 6) is 0.210. The number of Topliss-reactive ketones (excluding diaryl/α,β-unsaturated/α-hetero) is 1. The van der Waals surface area contributed by atoms with Crippen LogP contribution >= 0.6 is 0 Å². The third-order valence-electron chi connectivity index (χ3n) is 5.55. The molecule has 1 N–H and O–H groups in total. The van der Waals surface area contributed by atoms with Crippen molar-refractivity contribution >= 4 is 17.4 Å². The second-order valence-electron chi connectivity index (χ2n) is 7.88. The molecule has 0 radical (unpaired) electrons. The minimum Gasteiger partial charge on any atom is -0.507 e. The van der Waals surface area contributed by atoms with Crippen LogP contribution < -0.4 is 9.47 Å². The summed E-state index contributed by atoms with van der Waals surface area (Å²) in [6.45, 7) is 5.11. The molecular formula is C27H27NO6. The number of furan rings is 1. The van der Waals surface area contributed by atoms with Crippen molar-refractivity contribution in [3.05, 3.63) is 89.4 Å². The number of rotatable bonds is 9. The molecule has 176 valence electrons. The molecule has 0 bridgehead atoms. The van der Waals surface area contributed by atoms with Gasteiger partial charge in [0.05, 0.1) is 37.6 Å². The summed E-state index contributed by atoms with van der Waals surface area (Å²) in [7, 11) is 0. The van der Waals surface area contributed by atoms with E-state index in [0.29, 0.717) is 41.6 Å². The van der Waals surface area contributed by atoms with E-state index in [1.165, 1.54) is 11.2 Å². The lowest BCUT2D eigenvalue weighted by Crippen LogP contribution is -2.29. The third-order valence-corrected chi connectivity index (χ3v) is 5.55. The number of nitrogens with zero attached hydrogens (tertiary/aromatic N) is 1. The Morgan fingerprint density at radius 3 is 2.26 bits per heavy atom. The van der Waals surface area contributed by atoms with Gasteiger partial charge in [0.25, 0.3) is 11.7 Å². The van der Waals surface area contributed by atoms with Gasteiger partial charge in [-0.25, -0.2) is 0 Å². The zero-order chi connectivity index (χ0) is 24.1. The van der Waals surface area contributed by atoms with Gasteiger partial charge in [-0.3, -0.25) is 9.59 Å². The highest BCUT2D eigenvalue weighted by Crippen LogP contribution is 2.40. The molecule has 1 fully saturated rings. The number of aliphatic hydroxyl groups is 1. The molecule has 0 spiro atoms. The average molecular weight is 462 g/mol. The fourth-order valence-corrected chi connectivity index (χ4v) is 3.96. The molecule has 7 nitrogen and oxygen atoms in total. The number of amides is 1. The van der Waals surface area contributed by atoms with E-state index >= 15 is 0 Å². The molecule has 4 rings (SSSR count). The van der Waals surface area contributed by atoms with Crippen LogP contribution in [0.15, 0.2) is 76.9 Å². The number of hydrogen-bond acceptors (Lipinski definition) is 6. The Morgan fingerprint density at radius 1 is 0.971 bits per heavy atom. The Labute approximate surface area is 198 Å². The van der Waals surface area contributed by atoms with Gasteiger partial charge in [-0.2, -0.15) is 0 Å². The highest BCUT2D eigenvalue weighted by molar-refractivity contribution is 6.46. The second kappa shape index (κ2) is 10.3. The van der Waals surface area contributed by atoms with Crippen molar-refractivity contribution in [2.24, 2.45) is 0 Å². The van der Waals surface area contributed by atoms with Gasteiger partial charge in [-0.05, 0) is 67.4 Å². The first-order valence-electron chi connectivity index (χ1n) is 11.3. The summed E-state index contributed by atoms with van der Waals surface area (Å²) in [5, 5.41) is 11.2. The minimum absolute atomic E-state index is 0.0305. The Morgan fingerprint density at radius 2 is 1.65 bits per heavy atom. The molecular weight excluding hydrogens is 434 g/mol. The predicted molar refractivity (Wildman–Crippen MR) is 126 cm³/mol. The van der Waals surface area contributed by atoms with Crippen LogP contribution in [-0.2, 0) is 16.1 Å². The molecule has 1 saturated heterocycles. The van der Waals surface area contributed by atoms with Crippen LogP contribution in [0.1, 0.15) is 43.2 Å². The number of carbonyl (C=O) groups is 2. The van der Waals surface area contributed by atoms with Crippen molar-refractivity contribution in [2.75, 3.05) is 13.2 Å². The van der Waals surface area contributed by atoms with Crippen molar-refractivity contribution in [3.8, 4) is 11.5 Å². The normalized spacial score (nSPS) is 17.2. The Bertz CT molecular complexity index is 1160. The van der Waals surface area contributed by atoms with Crippen molar-refractivity contribution in [2.45, 2.75) is 32.9 Å². The first kappa shape index (κ1) is 23.2. The highest BCUT2D eigenvalue weighted by Gasteiger charge is 2.46. The fraction of sp³-hybridized carbons (Fsp3) is 0.259. The van der Waals surface area contributed by atoms with Crippen LogP contribution in [0.3, 0.4) is 0 Å². The van der Waals surface area contributed by atoms with Gasteiger partial charge in [0.15, 0.2) is 0 Å². The number of benzene rings is 2. The van der Waals surface area contributed by atoms with E-state index in [4.69, 9.17) is 13.9 Å². The molecule has 34 heavy (non-hydrogen) atoms. The van der Waals surface area contributed by atoms with Gasteiger partial charge in [0, 0.05) is 5.56 Å². The van der Waals surface area contributed by atoms with Crippen molar-refractivity contribution in [3.63, 3.8) is 0 Å².